The molecule has 0 spiro atoms. The van der Waals surface area contributed by atoms with Gasteiger partial charge < -0.3 is 14.3 Å². The van der Waals surface area contributed by atoms with Crippen molar-refractivity contribution < 1.29 is 14.3 Å². The zero-order chi connectivity index (χ0) is 13.4. The fraction of sp³-hybridized carbons (Fsp3) is 0.600. The summed E-state index contributed by atoms with van der Waals surface area (Å²) in [5, 5.41) is 10.1. The molecule has 1 atom stereocenters. The van der Waals surface area contributed by atoms with Crippen LogP contribution in [0.25, 0.3) is 0 Å². The van der Waals surface area contributed by atoms with Gasteiger partial charge >= 0.3 is 0 Å². The van der Waals surface area contributed by atoms with Crippen LogP contribution in [0.2, 0.25) is 0 Å². The van der Waals surface area contributed by atoms with Gasteiger partial charge in [0.25, 0.3) is 0 Å². The van der Waals surface area contributed by atoms with E-state index >= 15 is 0 Å². The first-order chi connectivity index (χ1) is 8.65. The smallest absolute Gasteiger partial charge is 0.137 e. The molecule has 0 radical (unpaired) electrons. The minimum absolute atomic E-state index is 0.365. The molecule has 1 rings (SSSR count). The van der Waals surface area contributed by atoms with Crippen LogP contribution in [-0.4, -0.2) is 48.5 Å². The first-order valence-electron chi connectivity index (χ1n) is 6.86. The van der Waals surface area contributed by atoms with Crippen molar-refractivity contribution in [2.75, 3.05) is 32.8 Å². The van der Waals surface area contributed by atoms with Crippen LogP contribution in [0.3, 0.4) is 0 Å². The maximum atomic E-state index is 10.1. The van der Waals surface area contributed by atoms with E-state index in [4.69, 9.17) is 4.74 Å². The maximum absolute atomic E-state index is 10.1. The van der Waals surface area contributed by atoms with Crippen molar-refractivity contribution in [2.45, 2.75) is 26.9 Å². The van der Waals surface area contributed by atoms with Gasteiger partial charge in [0.2, 0.25) is 0 Å². The van der Waals surface area contributed by atoms with Gasteiger partial charge in [-0.05, 0) is 32.9 Å². The van der Waals surface area contributed by atoms with Crippen LogP contribution >= 0.6 is 0 Å². The van der Waals surface area contributed by atoms with Crippen molar-refractivity contribution in [1.29, 1.82) is 0 Å². The fourth-order valence-corrected chi connectivity index (χ4v) is 2.27. The Morgan fingerprint density at radius 2 is 1.61 bits per heavy atom. The highest BCUT2D eigenvalue weighted by molar-refractivity contribution is 5.20. The number of likely N-dealkylation sites (N-methyl/N-ethyl adjacent to an activating group) is 1. The van der Waals surface area contributed by atoms with E-state index in [-0.39, 0.29) is 0 Å². The van der Waals surface area contributed by atoms with Crippen molar-refractivity contribution in [1.82, 2.24) is 0 Å². The van der Waals surface area contributed by atoms with Crippen LogP contribution < -0.4 is 4.74 Å². The van der Waals surface area contributed by atoms with Gasteiger partial charge in [-0.3, -0.25) is 0 Å². The first kappa shape index (κ1) is 15.0. The van der Waals surface area contributed by atoms with E-state index in [0.29, 0.717) is 6.61 Å². The number of nitrogens with zero attached hydrogens (tertiary/aromatic N) is 1. The number of benzene rings is 1. The van der Waals surface area contributed by atoms with Gasteiger partial charge in [0.1, 0.15) is 25.0 Å². The Balaban J connectivity index is 2.43. The van der Waals surface area contributed by atoms with Crippen molar-refractivity contribution in [3.8, 4) is 5.75 Å². The minimum atomic E-state index is -0.412. The van der Waals surface area contributed by atoms with Crippen LogP contribution in [0.4, 0.5) is 0 Å². The van der Waals surface area contributed by atoms with E-state index in [1.165, 1.54) is 0 Å². The second-order valence-electron chi connectivity index (χ2n) is 4.75. The zero-order valence-electron chi connectivity index (χ0n) is 11.8. The van der Waals surface area contributed by atoms with Crippen molar-refractivity contribution in [2.24, 2.45) is 0 Å². The largest absolute Gasteiger partial charge is 0.491 e. The highest BCUT2D eigenvalue weighted by Crippen LogP contribution is 2.11. The molecule has 0 unspecified atom stereocenters. The number of aliphatic hydroxyl groups excluding tert-OH is 1. The summed E-state index contributed by atoms with van der Waals surface area (Å²) in [6.45, 7) is 10.8. The first-order valence-corrected chi connectivity index (χ1v) is 6.86. The molecule has 0 saturated heterocycles. The molecule has 1 aromatic carbocycles. The lowest BCUT2D eigenvalue weighted by Gasteiger charge is -2.37. The molecule has 1 aromatic rings. The molecule has 0 saturated carbocycles. The molecule has 102 valence electrons. The Bertz CT molecular complexity index is 314. The predicted octanol–water partition coefficient (Wildman–Crippen LogP) is 2.30. The average molecular weight is 252 g/mol. The Kier molecular flexibility index (Phi) is 6.16. The van der Waals surface area contributed by atoms with Gasteiger partial charge in [-0.2, -0.15) is 0 Å². The second-order valence-corrected chi connectivity index (χ2v) is 4.75. The van der Waals surface area contributed by atoms with Crippen molar-refractivity contribution in [3.63, 3.8) is 0 Å². The van der Waals surface area contributed by atoms with E-state index in [0.717, 1.165) is 36.4 Å². The molecular formula is C15H26NO2+. The van der Waals surface area contributed by atoms with Gasteiger partial charge in [-0.15, -0.1) is 0 Å². The third-order valence-electron chi connectivity index (χ3n) is 3.80. The quantitative estimate of drug-likeness (QED) is 0.719. The summed E-state index contributed by atoms with van der Waals surface area (Å²) >= 11 is 0. The third-order valence-corrected chi connectivity index (χ3v) is 3.80. The second kappa shape index (κ2) is 7.39. The molecule has 0 aliphatic carbocycles. The molecule has 0 fully saturated rings. The van der Waals surface area contributed by atoms with Crippen molar-refractivity contribution >= 4 is 0 Å². The number of para-hydroxylation sites is 1. The molecule has 0 amide bonds. The molecule has 0 aliphatic heterocycles. The monoisotopic (exact) mass is 252 g/mol. The Labute approximate surface area is 111 Å². The molecule has 3 nitrogen and oxygen atoms in total. The normalized spacial score (nSPS) is 13.3. The van der Waals surface area contributed by atoms with Gasteiger partial charge in [-0.25, -0.2) is 0 Å². The highest BCUT2D eigenvalue weighted by Gasteiger charge is 2.25. The summed E-state index contributed by atoms with van der Waals surface area (Å²) in [7, 11) is 0. The van der Waals surface area contributed by atoms with Gasteiger partial charge in [0.05, 0.1) is 19.6 Å². The Morgan fingerprint density at radius 1 is 1.06 bits per heavy atom. The molecule has 3 heteroatoms. The standard InChI is InChI=1S/C15H26NO2/c1-4-16(5-2,6-3)12-14(17)13-18-15-10-8-7-9-11-15/h7-11,14,17H,4-6,12-13H2,1-3H3/q+1/t14-/m0/s1. The van der Waals surface area contributed by atoms with E-state index in [2.05, 4.69) is 20.8 Å². The highest BCUT2D eigenvalue weighted by atomic mass is 16.5. The lowest BCUT2D eigenvalue weighted by atomic mass is 10.2. The number of quaternary nitrogens is 1. The SMILES string of the molecule is CC[N+](CC)(CC)C[C@H](O)COc1ccccc1. The molecule has 0 heterocycles. The molecule has 18 heavy (non-hydrogen) atoms. The topological polar surface area (TPSA) is 29.5 Å². The fourth-order valence-electron chi connectivity index (χ4n) is 2.27. The number of hydrogen-bond donors (Lipinski definition) is 1. The summed E-state index contributed by atoms with van der Waals surface area (Å²) in [5.74, 6) is 0.819. The number of hydrogen-bond acceptors (Lipinski definition) is 2. The lowest BCUT2D eigenvalue weighted by molar-refractivity contribution is -0.926. The molecule has 0 bridgehead atoms. The molecule has 0 aliphatic rings. The van der Waals surface area contributed by atoms with E-state index in [1.54, 1.807) is 0 Å². The minimum Gasteiger partial charge on any atom is -0.491 e. The summed E-state index contributed by atoms with van der Waals surface area (Å²) in [6, 6.07) is 9.65. The lowest BCUT2D eigenvalue weighted by Crippen LogP contribution is -2.52. The number of ether oxygens (including phenoxy) is 1. The molecule has 1 N–H and O–H groups in total. The summed E-state index contributed by atoms with van der Waals surface area (Å²) < 4.78 is 6.53. The van der Waals surface area contributed by atoms with E-state index < -0.39 is 6.10 Å². The van der Waals surface area contributed by atoms with Gasteiger partial charge in [0.15, 0.2) is 0 Å². The number of aliphatic hydroxyl groups is 1. The van der Waals surface area contributed by atoms with Crippen LogP contribution in [-0.2, 0) is 0 Å². The van der Waals surface area contributed by atoms with E-state index in [1.807, 2.05) is 30.3 Å². The van der Waals surface area contributed by atoms with Crippen LogP contribution in [0.1, 0.15) is 20.8 Å². The van der Waals surface area contributed by atoms with Crippen molar-refractivity contribution in [3.05, 3.63) is 30.3 Å². The van der Waals surface area contributed by atoms with Crippen LogP contribution in [0.5, 0.6) is 5.75 Å². The van der Waals surface area contributed by atoms with E-state index in [9.17, 15) is 5.11 Å². The predicted molar refractivity (Wildman–Crippen MR) is 74.7 cm³/mol. The average Bonchev–Trinajstić information content (AvgIpc) is 2.44. The summed E-state index contributed by atoms with van der Waals surface area (Å²) in [5.41, 5.74) is 0. The Morgan fingerprint density at radius 3 is 2.11 bits per heavy atom. The molecule has 0 aromatic heterocycles. The maximum Gasteiger partial charge on any atom is 0.137 e. The summed E-state index contributed by atoms with van der Waals surface area (Å²) in [6.07, 6.45) is -0.412. The number of rotatable bonds is 8. The molecular weight excluding hydrogens is 226 g/mol. The third kappa shape index (κ3) is 4.31. The van der Waals surface area contributed by atoms with Crippen LogP contribution in [0, 0.1) is 0 Å². The van der Waals surface area contributed by atoms with Gasteiger partial charge in [-0.1, -0.05) is 18.2 Å². The summed E-state index contributed by atoms with van der Waals surface area (Å²) in [4.78, 5) is 0. The van der Waals surface area contributed by atoms with Gasteiger partial charge in [0, 0.05) is 0 Å². The Hall–Kier alpha value is -1.06. The van der Waals surface area contributed by atoms with Crippen LogP contribution in [0.15, 0.2) is 30.3 Å². The zero-order valence-corrected chi connectivity index (χ0v) is 11.8.